The fraction of sp³-hybridized carbons (Fsp3) is 0.538. The van der Waals surface area contributed by atoms with Crippen LogP contribution < -0.4 is 5.73 Å². The summed E-state index contributed by atoms with van der Waals surface area (Å²) in [6, 6.07) is 8.70. The normalized spacial score (nSPS) is 15.2. The minimum atomic E-state index is -4.17. The summed E-state index contributed by atoms with van der Waals surface area (Å²) in [6.45, 7) is -0.240. The van der Waals surface area contributed by atoms with Crippen LogP contribution >= 0.6 is 0 Å². The number of nitrogens with two attached hydrogens (primary N) is 1. The predicted molar refractivity (Wildman–Crippen MR) is 65.5 cm³/mol. The third-order valence-corrected chi connectivity index (χ3v) is 2.74. The zero-order valence-corrected chi connectivity index (χ0v) is 10.5. The number of halogens is 3. The van der Waals surface area contributed by atoms with Gasteiger partial charge in [-0.2, -0.15) is 13.2 Å². The van der Waals surface area contributed by atoms with Crippen LogP contribution in [0.25, 0.3) is 0 Å². The third-order valence-electron chi connectivity index (χ3n) is 2.74. The second-order valence-electron chi connectivity index (χ2n) is 4.37. The molecule has 0 aromatic heterocycles. The lowest BCUT2D eigenvalue weighted by Crippen LogP contribution is -2.39. The van der Waals surface area contributed by atoms with Gasteiger partial charge in [0.15, 0.2) is 0 Å². The first-order chi connectivity index (χ1) is 8.87. The Labute approximate surface area is 110 Å². The summed E-state index contributed by atoms with van der Waals surface area (Å²) >= 11 is 0. The lowest BCUT2D eigenvalue weighted by molar-refractivity contribution is -0.139. The van der Waals surface area contributed by atoms with E-state index in [0.29, 0.717) is 5.56 Å². The van der Waals surface area contributed by atoms with Crippen molar-refractivity contribution in [1.82, 2.24) is 0 Å². The molecule has 0 heterocycles. The maximum absolute atomic E-state index is 11.9. The van der Waals surface area contributed by atoms with Crippen LogP contribution in [0.3, 0.4) is 0 Å². The largest absolute Gasteiger partial charge is 0.389 e. The molecule has 1 atom stereocenters. The molecule has 6 heteroatoms. The van der Waals surface area contributed by atoms with Crippen LogP contribution in [0, 0.1) is 0 Å². The Balaban J connectivity index is 2.41. The van der Waals surface area contributed by atoms with Crippen molar-refractivity contribution in [2.24, 2.45) is 5.73 Å². The van der Waals surface area contributed by atoms with Gasteiger partial charge in [-0.15, -0.1) is 0 Å². The van der Waals surface area contributed by atoms with Crippen molar-refractivity contribution in [3.8, 4) is 0 Å². The van der Waals surface area contributed by atoms with Gasteiger partial charge in [-0.05, 0) is 12.0 Å². The van der Waals surface area contributed by atoms with Gasteiger partial charge in [0.1, 0.15) is 5.60 Å². The van der Waals surface area contributed by atoms with Gasteiger partial charge in [0.2, 0.25) is 0 Å². The standard InChI is InChI=1S/C13H18F3NO2/c14-13(15,16)7-4-8-19-10-12(18,9-17)11-5-2-1-3-6-11/h1-3,5-6,18H,4,7-10,17H2. The third kappa shape index (κ3) is 5.59. The molecule has 0 amide bonds. The van der Waals surface area contributed by atoms with Crippen molar-refractivity contribution < 1.29 is 23.0 Å². The molecule has 0 fully saturated rings. The Morgan fingerprint density at radius 1 is 1.16 bits per heavy atom. The van der Waals surface area contributed by atoms with E-state index < -0.39 is 18.2 Å². The Morgan fingerprint density at radius 2 is 1.79 bits per heavy atom. The zero-order valence-electron chi connectivity index (χ0n) is 10.5. The van der Waals surface area contributed by atoms with Gasteiger partial charge in [0.25, 0.3) is 0 Å². The molecule has 0 saturated heterocycles. The average molecular weight is 277 g/mol. The highest BCUT2D eigenvalue weighted by Gasteiger charge is 2.29. The Hall–Kier alpha value is -1.11. The van der Waals surface area contributed by atoms with E-state index in [1.165, 1.54) is 0 Å². The van der Waals surface area contributed by atoms with Crippen molar-refractivity contribution in [3.63, 3.8) is 0 Å². The van der Waals surface area contributed by atoms with Crippen molar-refractivity contribution in [3.05, 3.63) is 35.9 Å². The molecule has 0 aliphatic rings. The molecule has 0 aliphatic heterocycles. The molecule has 0 spiro atoms. The summed E-state index contributed by atoms with van der Waals surface area (Å²) in [4.78, 5) is 0. The first-order valence-corrected chi connectivity index (χ1v) is 6.00. The minimum Gasteiger partial charge on any atom is -0.381 e. The van der Waals surface area contributed by atoms with Crippen molar-refractivity contribution in [1.29, 1.82) is 0 Å². The molecule has 0 saturated carbocycles. The topological polar surface area (TPSA) is 55.5 Å². The maximum Gasteiger partial charge on any atom is 0.389 e. The maximum atomic E-state index is 11.9. The highest BCUT2D eigenvalue weighted by atomic mass is 19.4. The number of alkyl halides is 3. The number of benzene rings is 1. The number of aliphatic hydroxyl groups is 1. The second kappa shape index (κ2) is 6.88. The quantitative estimate of drug-likeness (QED) is 0.751. The smallest absolute Gasteiger partial charge is 0.381 e. The van der Waals surface area contributed by atoms with Gasteiger partial charge >= 0.3 is 6.18 Å². The van der Waals surface area contributed by atoms with E-state index in [9.17, 15) is 18.3 Å². The van der Waals surface area contributed by atoms with Crippen molar-refractivity contribution in [2.75, 3.05) is 19.8 Å². The number of hydrogen-bond acceptors (Lipinski definition) is 3. The Kier molecular flexibility index (Phi) is 5.78. The van der Waals surface area contributed by atoms with Gasteiger partial charge < -0.3 is 15.6 Å². The van der Waals surface area contributed by atoms with E-state index in [2.05, 4.69) is 0 Å². The molecular formula is C13H18F3NO2. The van der Waals surface area contributed by atoms with Crippen LogP contribution in [-0.2, 0) is 10.3 Å². The molecule has 19 heavy (non-hydrogen) atoms. The summed E-state index contributed by atoms with van der Waals surface area (Å²) in [5.41, 5.74) is 4.74. The summed E-state index contributed by atoms with van der Waals surface area (Å²) in [7, 11) is 0. The SMILES string of the molecule is NCC(O)(COCCCC(F)(F)F)c1ccccc1. The van der Waals surface area contributed by atoms with E-state index in [4.69, 9.17) is 10.5 Å². The molecule has 1 rings (SSSR count). The number of rotatable bonds is 7. The molecule has 0 aliphatic carbocycles. The van der Waals surface area contributed by atoms with Crippen molar-refractivity contribution >= 4 is 0 Å². The van der Waals surface area contributed by atoms with Gasteiger partial charge in [0, 0.05) is 19.6 Å². The monoisotopic (exact) mass is 277 g/mol. The van der Waals surface area contributed by atoms with E-state index in [-0.39, 0.29) is 26.2 Å². The summed E-state index contributed by atoms with van der Waals surface area (Å²) < 4.78 is 40.9. The summed E-state index contributed by atoms with van der Waals surface area (Å²) in [6.07, 6.45) is -5.19. The lowest BCUT2D eigenvalue weighted by atomic mass is 9.95. The molecule has 3 N–H and O–H groups in total. The Morgan fingerprint density at radius 3 is 2.32 bits per heavy atom. The number of ether oxygens (including phenoxy) is 1. The predicted octanol–water partition coefficient (Wildman–Crippen LogP) is 2.19. The van der Waals surface area contributed by atoms with Crippen LogP contribution in [0.1, 0.15) is 18.4 Å². The molecule has 1 aromatic carbocycles. The first-order valence-electron chi connectivity index (χ1n) is 6.00. The van der Waals surface area contributed by atoms with Crippen LogP contribution in [0.2, 0.25) is 0 Å². The molecule has 1 aromatic rings. The number of hydrogen-bond donors (Lipinski definition) is 2. The van der Waals surface area contributed by atoms with Gasteiger partial charge in [0.05, 0.1) is 6.61 Å². The van der Waals surface area contributed by atoms with Crippen LogP contribution in [0.15, 0.2) is 30.3 Å². The van der Waals surface area contributed by atoms with Crippen LogP contribution in [0.4, 0.5) is 13.2 Å². The van der Waals surface area contributed by atoms with E-state index >= 15 is 0 Å². The highest BCUT2D eigenvalue weighted by Crippen LogP contribution is 2.22. The van der Waals surface area contributed by atoms with Gasteiger partial charge in [-0.25, -0.2) is 0 Å². The summed E-state index contributed by atoms with van der Waals surface area (Å²) in [5, 5.41) is 10.3. The zero-order chi connectivity index (χ0) is 14.4. The molecular weight excluding hydrogens is 259 g/mol. The van der Waals surface area contributed by atoms with Gasteiger partial charge in [-0.1, -0.05) is 30.3 Å². The minimum absolute atomic E-state index is 0.0592. The average Bonchev–Trinajstić information content (AvgIpc) is 2.38. The lowest BCUT2D eigenvalue weighted by Gasteiger charge is -2.26. The second-order valence-corrected chi connectivity index (χ2v) is 4.37. The molecule has 108 valence electrons. The van der Waals surface area contributed by atoms with E-state index in [0.717, 1.165) is 0 Å². The fourth-order valence-electron chi connectivity index (χ4n) is 1.62. The molecule has 0 radical (unpaired) electrons. The van der Waals surface area contributed by atoms with Gasteiger partial charge in [-0.3, -0.25) is 0 Å². The van der Waals surface area contributed by atoms with Crippen LogP contribution in [-0.4, -0.2) is 31.0 Å². The Bertz CT molecular complexity index is 370. The molecule has 1 unspecified atom stereocenters. The molecule has 3 nitrogen and oxygen atoms in total. The highest BCUT2D eigenvalue weighted by molar-refractivity contribution is 5.22. The summed E-state index contributed by atoms with van der Waals surface area (Å²) in [5.74, 6) is 0. The van der Waals surface area contributed by atoms with Crippen molar-refractivity contribution in [2.45, 2.75) is 24.6 Å². The first kappa shape index (κ1) is 15.9. The van der Waals surface area contributed by atoms with Crippen LogP contribution in [0.5, 0.6) is 0 Å². The fourth-order valence-corrected chi connectivity index (χ4v) is 1.62. The van der Waals surface area contributed by atoms with E-state index in [1.807, 2.05) is 0 Å². The van der Waals surface area contributed by atoms with E-state index in [1.54, 1.807) is 30.3 Å². The molecule has 0 bridgehead atoms.